The van der Waals surface area contributed by atoms with Crippen LogP contribution in [0.1, 0.15) is 35.7 Å². The van der Waals surface area contributed by atoms with Gasteiger partial charge in [-0.05, 0) is 48.9 Å². The van der Waals surface area contributed by atoms with Crippen molar-refractivity contribution in [3.8, 4) is 0 Å². The lowest BCUT2D eigenvalue weighted by Gasteiger charge is -2.31. The molecule has 2 heterocycles. The number of carbonyl (C=O) groups excluding carboxylic acids is 2. The van der Waals surface area contributed by atoms with Crippen LogP contribution in [0.25, 0.3) is 0 Å². The van der Waals surface area contributed by atoms with Gasteiger partial charge in [0.2, 0.25) is 0 Å². The molecule has 1 saturated heterocycles. The molecule has 0 aromatic heterocycles. The number of nitro benzene ring substituents is 1. The topological polar surface area (TPSA) is 93.0 Å². The van der Waals surface area contributed by atoms with E-state index in [1.807, 2.05) is 29.2 Å². The molecule has 0 aliphatic carbocycles. The van der Waals surface area contributed by atoms with Crippen LogP contribution in [0.2, 0.25) is 0 Å². The second-order valence-electron chi connectivity index (χ2n) is 8.13. The van der Waals surface area contributed by atoms with Crippen LogP contribution in [0.4, 0.5) is 17.1 Å². The van der Waals surface area contributed by atoms with Gasteiger partial charge in [-0.3, -0.25) is 14.9 Å². The molecule has 0 unspecified atom stereocenters. The number of amides is 1. The van der Waals surface area contributed by atoms with Crippen molar-refractivity contribution >= 4 is 28.9 Å². The van der Waals surface area contributed by atoms with E-state index in [2.05, 4.69) is 6.92 Å². The number of esters is 1. The fraction of sp³-hybridized carbons (Fsp3) is 0.391. The highest BCUT2D eigenvalue weighted by molar-refractivity contribution is 5.98. The van der Waals surface area contributed by atoms with Crippen LogP contribution in [0.15, 0.2) is 42.5 Å². The van der Waals surface area contributed by atoms with Gasteiger partial charge < -0.3 is 14.5 Å². The predicted molar refractivity (Wildman–Crippen MR) is 116 cm³/mol. The summed E-state index contributed by atoms with van der Waals surface area (Å²) in [7, 11) is 0. The zero-order valence-corrected chi connectivity index (χ0v) is 17.5. The number of hydrogen-bond acceptors (Lipinski definition) is 6. The Labute approximate surface area is 180 Å². The van der Waals surface area contributed by atoms with E-state index in [0.29, 0.717) is 18.2 Å². The number of carbonyl (C=O) groups is 2. The van der Waals surface area contributed by atoms with E-state index >= 15 is 0 Å². The zero-order valence-electron chi connectivity index (χ0n) is 17.5. The minimum Gasteiger partial charge on any atom is -0.452 e. The molecule has 162 valence electrons. The fourth-order valence-corrected chi connectivity index (χ4v) is 4.20. The van der Waals surface area contributed by atoms with Gasteiger partial charge in [0, 0.05) is 31.4 Å². The summed E-state index contributed by atoms with van der Waals surface area (Å²) in [6, 6.07) is 12.0. The molecule has 1 amide bonds. The number of ether oxygens (including phenoxy) is 1. The molecule has 4 rings (SSSR count). The largest absolute Gasteiger partial charge is 0.452 e. The maximum atomic E-state index is 12.5. The molecule has 0 radical (unpaired) electrons. The van der Waals surface area contributed by atoms with Crippen LogP contribution in [-0.4, -0.2) is 43.0 Å². The summed E-state index contributed by atoms with van der Waals surface area (Å²) in [6.45, 7) is 3.80. The maximum Gasteiger partial charge on any atom is 0.338 e. The fourth-order valence-electron chi connectivity index (χ4n) is 4.20. The lowest BCUT2D eigenvalue weighted by atomic mass is 9.98. The maximum absolute atomic E-state index is 12.5. The molecule has 8 heteroatoms. The first-order valence-electron chi connectivity index (χ1n) is 10.5. The van der Waals surface area contributed by atoms with Crippen molar-refractivity contribution in [3.63, 3.8) is 0 Å². The number of para-hydroxylation sites is 1. The minimum absolute atomic E-state index is 0.0652. The van der Waals surface area contributed by atoms with E-state index in [1.54, 1.807) is 11.0 Å². The van der Waals surface area contributed by atoms with Gasteiger partial charge in [0.25, 0.3) is 11.6 Å². The highest BCUT2D eigenvalue weighted by Crippen LogP contribution is 2.32. The summed E-state index contributed by atoms with van der Waals surface area (Å²) in [5.41, 5.74) is 2.37. The molecule has 0 bridgehead atoms. The zero-order chi connectivity index (χ0) is 22.0. The molecule has 8 nitrogen and oxygen atoms in total. The van der Waals surface area contributed by atoms with Crippen LogP contribution in [0, 0.1) is 16.0 Å². The molecule has 0 saturated carbocycles. The normalized spacial score (nSPS) is 16.2. The molecule has 31 heavy (non-hydrogen) atoms. The molecular weight excluding hydrogens is 398 g/mol. The molecule has 0 N–H and O–H groups in total. The predicted octanol–water partition coefficient (Wildman–Crippen LogP) is 3.58. The number of anilines is 2. The Kier molecular flexibility index (Phi) is 5.88. The average molecular weight is 423 g/mol. The van der Waals surface area contributed by atoms with Gasteiger partial charge in [0.05, 0.1) is 10.5 Å². The van der Waals surface area contributed by atoms with E-state index in [0.717, 1.165) is 43.6 Å². The van der Waals surface area contributed by atoms with E-state index in [-0.39, 0.29) is 17.2 Å². The van der Waals surface area contributed by atoms with Crippen molar-refractivity contribution in [3.05, 3.63) is 63.7 Å². The molecule has 2 aromatic carbocycles. The third kappa shape index (κ3) is 4.38. The summed E-state index contributed by atoms with van der Waals surface area (Å²) in [4.78, 5) is 39.8. The van der Waals surface area contributed by atoms with Crippen LogP contribution in [0.3, 0.4) is 0 Å². The highest BCUT2D eigenvalue weighted by Gasteiger charge is 2.27. The Morgan fingerprint density at radius 1 is 1.10 bits per heavy atom. The van der Waals surface area contributed by atoms with Crippen molar-refractivity contribution in [1.82, 2.24) is 0 Å². The van der Waals surface area contributed by atoms with Gasteiger partial charge >= 0.3 is 5.97 Å². The number of nitrogens with zero attached hydrogens (tertiary/aromatic N) is 3. The van der Waals surface area contributed by atoms with Gasteiger partial charge in [0.15, 0.2) is 6.61 Å². The quantitative estimate of drug-likeness (QED) is 0.415. The minimum atomic E-state index is -0.747. The summed E-state index contributed by atoms with van der Waals surface area (Å²) in [5, 5.41) is 11.6. The summed E-state index contributed by atoms with van der Waals surface area (Å²) in [6.07, 6.45) is 2.71. The first kappa shape index (κ1) is 20.8. The molecule has 0 atom stereocenters. The number of piperidine rings is 1. The molecular formula is C23H25N3O5. The molecule has 0 spiro atoms. The number of fused-ring (bicyclic) bond motifs is 1. The lowest BCUT2D eigenvalue weighted by molar-refractivity contribution is -0.384. The second kappa shape index (κ2) is 8.75. The van der Waals surface area contributed by atoms with Crippen molar-refractivity contribution in [2.75, 3.05) is 36.0 Å². The van der Waals surface area contributed by atoms with E-state index in [9.17, 15) is 19.7 Å². The van der Waals surface area contributed by atoms with E-state index < -0.39 is 17.5 Å². The standard InChI is InChI=1S/C23H25N3O5/c1-16-8-11-24(12-9-16)20-7-6-18(14-21(20)26(29)30)23(28)31-15-22(27)25-13-10-17-4-2-3-5-19(17)25/h2-7,14,16H,8-13,15H2,1H3. The SMILES string of the molecule is CC1CCN(c2ccc(C(=O)OCC(=O)N3CCc4ccccc43)cc2[N+](=O)[O-])CC1. The molecule has 2 aliphatic heterocycles. The second-order valence-corrected chi connectivity index (χ2v) is 8.13. The number of benzene rings is 2. The average Bonchev–Trinajstić information content (AvgIpc) is 3.21. The smallest absolute Gasteiger partial charge is 0.338 e. The van der Waals surface area contributed by atoms with Gasteiger partial charge in [0.1, 0.15) is 5.69 Å². The number of nitro groups is 1. The highest BCUT2D eigenvalue weighted by atomic mass is 16.6. The van der Waals surface area contributed by atoms with Crippen molar-refractivity contribution in [2.24, 2.45) is 5.92 Å². The van der Waals surface area contributed by atoms with E-state index in [4.69, 9.17) is 4.74 Å². The van der Waals surface area contributed by atoms with Gasteiger partial charge in [-0.15, -0.1) is 0 Å². The van der Waals surface area contributed by atoms with Crippen molar-refractivity contribution in [1.29, 1.82) is 0 Å². The number of rotatable bonds is 5. The first-order chi connectivity index (χ1) is 14.9. The summed E-state index contributed by atoms with van der Waals surface area (Å²) in [5.74, 6) is -0.459. The summed E-state index contributed by atoms with van der Waals surface area (Å²) >= 11 is 0. The molecule has 2 aliphatic rings. The summed E-state index contributed by atoms with van der Waals surface area (Å²) < 4.78 is 5.19. The first-order valence-corrected chi connectivity index (χ1v) is 10.5. The van der Waals surface area contributed by atoms with Crippen molar-refractivity contribution in [2.45, 2.75) is 26.2 Å². The Morgan fingerprint density at radius 2 is 1.84 bits per heavy atom. The van der Waals surface area contributed by atoms with Gasteiger partial charge in [-0.1, -0.05) is 25.1 Å². The Morgan fingerprint density at radius 3 is 2.58 bits per heavy atom. The van der Waals surface area contributed by atoms with Crippen molar-refractivity contribution < 1.29 is 19.2 Å². The molecule has 1 fully saturated rings. The Bertz CT molecular complexity index is 1010. The third-order valence-electron chi connectivity index (χ3n) is 6.05. The monoisotopic (exact) mass is 423 g/mol. The Hall–Kier alpha value is -3.42. The van der Waals surface area contributed by atoms with Crippen LogP contribution in [0.5, 0.6) is 0 Å². The molecule has 2 aromatic rings. The Balaban J connectivity index is 1.43. The van der Waals surface area contributed by atoms with Gasteiger partial charge in [-0.2, -0.15) is 0 Å². The van der Waals surface area contributed by atoms with Gasteiger partial charge in [-0.25, -0.2) is 4.79 Å². The number of hydrogen-bond donors (Lipinski definition) is 0. The third-order valence-corrected chi connectivity index (χ3v) is 6.05. The van der Waals surface area contributed by atoms with Crippen LogP contribution < -0.4 is 9.80 Å². The van der Waals surface area contributed by atoms with Crippen LogP contribution >= 0.6 is 0 Å². The van der Waals surface area contributed by atoms with Crippen LogP contribution in [-0.2, 0) is 16.0 Å². The van der Waals surface area contributed by atoms with E-state index in [1.165, 1.54) is 12.1 Å². The lowest BCUT2D eigenvalue weighted by Crippen LogP contribution is -2.33.